The third-order valence-electron chi connectivity index (χ3n) is 12.4. The van der Waals surface area contributed by atoms with E-state index in [1.54, 1.807) is 27.2 Å². The van der Waals surface area contributed by atoms with Crippen LogP contribution < -0.4 is 19.5 Å². The minimum Gasteiger partial charge on any atom is -0.493 e. The Morgan fingerprint density at radius 3 is 2.36 bits per heavy atom. The average molecular weight is 829 g/mol. The smallest absolute Gasteiger partial charge is 0.326 e. The highest BCUT2D eigenvalue weighted by atomic mass is 16.6. The number of carboxylic acids is 1. The van der Waals surface area contributed by atoms with Crippen LogP contribution in [0.4, 0.5) is 0 Å². The van der Waals surface area contributed by atoms with Gasteiger partial charge in [-0.25, -0.2) is 9.78 Å². The summed E-state index contributed by atoms with van der Waals surface area (Å²) in [6, 6.07) is 18.9. The summed E-state index contributed by atoms with van der Waals surface area (Å²) >= 11 is 0. The highest BCUT2D eigenvalue weighted by Gasteiger charge is 2.39. The molecule has 4 heterocycles. The third kappa shape index (κ3) is 9.12. The predicted molar refractivity (Wildman–Crippen MR) is 226 cm³/mol. The molecule has 8 rings (SSSR count). The number of nitrogens with one attached hydrogen (secondary N) is 1. The Bertz CT molecular complexity index is 2400. The highest BCUT2D eigenvalue weighted by Crippen LogP contribution is 2.41. The van der Waals surface area contributed by atoms with Crippen LogP contribution in [0.1, 0.15) is 87.4 Å². The molecule has 2 N–H and O–H groups in total. The Hall–Kier alpha value is -6.21. The Morgan fingerprint density at radius 1 is 0.934 bits per heavy atom. The van der Waals surface area contributed by atoms with Crippen LogP contribution in [0.5, 0.6) is 17.2 Å². The number of methoxy groups -OCH3 is 1. The second-order valence-corrected chi connectivity index (χ2v) is 16.4. The number of fused-ring (bicyclic) bond motifs is 2. The summed E-state index contributed by atoms with van der Waals surface area (Å²) < 4.78 is 30.0. The molecule has 13 nitrogen and oxygen atoms in total. The fourth-order valence-electron chi connectivity index (χ4n) is 8.63. The molecule has 61 heavy (non-hydrogen) atoms. The van der Waals surface area contributed by atoms with Gasteiger partial charge in [0.2, 0.25) is 5.91 Å². The van der Waals surface area contributed by atoms with Crippen molar-refractivity contribution < 1.29 is 42.9 Å². The molecule has 2 aliphatic heterocycles. The summed E-state index contributed by atoms with van der Waals surface area (Å²) in [5.74, 6) is 0.749. The summed E-state index contributed by atoms with van der Waals surface area (Å²) in [4.78, 5) is 51.2. The number of carbonyl (C=O) groups is 3. The Labute approximate surface area is 355 Å². The fourth-order valence-corrected chi connectivity index (χ4v) is 8.63. The molecule has 2 amide bonds. The minimum atomic E-state index is -1.25. The van der Waals surface area contributed by atoms with Gasteiger partial charge in [-0.05, 0) is 122 Å². The van der Waals surface area contributed by atoms with Crippen LogP contribution in [-0.4, -0.2) is 76.3 Å². The van der Waals surface area contributed by atoms with Crippen LogP contribution >= 0.6 is 0 Å². The lowest BCUT2D eigenvalue weighted by atomic mass is 9.88. The molecule has 3 aromatic carbocycles. The average Bonchev–Trinajstić information content (AvgIpc) is 3.62. The topological polar surface area (TPSA) is 163 Å². The molecule has 0 radical (unpaired) electrons. The number of rotatable bonds is 12. The highest BCUT2D eigenvalue weighted by molar-refractivity contribution is 5.98. The second kappa shape index (κ2) is 17.8. The van der Waals surface area contributed by atoms with Gasteiger partial charge in [-0.3, -0.25) is 14.6 Å². The largest absolute Gasteiger partial charge is 0.493 e. The van der Waals surface area contributed by atoms with E-state index in [9.17, 15) is 19.5 Å². The van der Waals surface area contributed by atoms with Gasteiger partial charge in [0.05, 0.1) is 12.7 Å². The molecule has 3 unspecified atom stereocenters. The molecule has 0 bridgehead atoms. The number of carbonyl (C=O) groups excluding carboxylic acids is 2. The number of aromatic nitrogens is 2. The van der Waals surface area contributed by atoms with Crippen LogP contribution in [-0.2, 0) is 33.7 Å². The lowest BCUT2D eigenvalue weighted by molar-refractivity contribution is -0.142. The van der Waals surface area contributed by atoms with E-state index in [4.69, 9.17) is 23.4 Å². The van der Waals surface area contributed by atoms with Gasteiger partial charge in [0.25, 0.3) is 5.91 Å². The number of amides is 2. The summed E-state index contributed by atoms with van der Waals surface area (Å²) in [7, 11) is 1.78. The van der Waals surface area contributed by atoms with Gasteiger partial charge < -0.3 is 38.7 Å². The van der Waals surface area contributed by atoms with Crippen molar-refractivity contribution in [2.75, 3.05) is 20.3 Å². The summed E-state index contributed by atoms with van der Waals surface area (Å²) in [5.41, 5.74) is 7.36. The van der Waals surface area contributed by atoms with Gasteiger partial charge in [0, 0.05) is 45.3 Å². The lowest BCUT2D eigenvalue weighted by Gasteiger charge is -2.37. The van der Waals surface area contributed by atoms with E-state index in [1.165, 1.54) is 4.90 Å². The predicted octanol–water partition coefficient (Wildman–Crippen LogP) is 7.45. The molecule has 2 aromatic heterocycles. The van der Waals surface area contributed by atoms with E-state index in [0.29, 0.717) is 41.8 Å². The quantitative estimate of drug-likeness (QED) is 0.129. The number of nitrogens with zero attached hydrogens (tertiary/aromatic N) is 3. The Morgan fingerprint density at radius 2 is 1.67 bits per heavy atom. The van der Waals surface area contributed by atoms with Crippen molar-refractivity contribution in [3.8, 4) is 28.4 Å². The van der Waals surface area contributed by atoms with Gasteiger partial charge in [0.1, 0.15) is 30.2 Å². The molecular weight excluding hydrogens is 777 g/mol. The van der Waals surface area contributed by atoms with Gasteiger partial charge in [0.15, 0.2) is 29.2 Å². The molecule has 3 atom stereocenters. The van der Waals surface area contributed by atoms with Gasteiger partial charge >= 0.3 is 5.97 Å². The number of oxazole rings is 1. The van der Waals surface area contributed by atoms with E-state index in [1.807, 2.05) is 80.6 Å². The van der Waals surface area contributed by atoms with E-state index in [2.05, 4.69) is 15.3 Å². The maximum atomic E-state index is 14.2. The molecular formula is C48H52N4O9. The molecule has 0 saturated heterocycles. The van der Waals surface area contributed by atoms with Crippen molar-refractivity contribution in [3.05, 3.63) is 124 Å². The van der Waals surface area contributed by atoms with E-state index in [0.717, 1.165) is 76.1 Å². The summed E-state index contributed by atoms with van der Waals surface area (Å²) in [6.45, 7) is 8.28. The van der Waals surface area contributed by atoms with Crippen LogP contribution in [0.25, 0.3) is 11.1 Å². The van der Waals surface area contributed by atoms with Gasteiger partial charge in [-0.15, -0.1) is 0 Å². The zero-order valence-electron chi connectivity index (χ0n) is 35.2. The molecule has 0 spiro atoms. The van der Waals surface area contributed by atoms with Crippen molar-refractivity contribution >= 4 is 17.8 Å². The molecule has 1 saturated carbocycles. The molecule has 3 aliphatic rings. The molecule has 1 fully saturated rings. The van der Waals surface area contributed by atoms with Crippen molar-refractivity contribution in [2.24, 2.45) is 5.92 Å². The number of carboxylic acid groups (broad SMARTS) is 1. The number of ether oxygens (including phenoxy) is 4. The minimum absolute atomic E-state index is 0.0419. The first-order chi connectivity index (χ1) is 29.4. The van der Waals surface area contributed by atoms with Crippen molar-refractivity contribution in [2.45, 2.75) is 97.1 Å². The second-order valence-electron chi connectivity index (χ2n) is 16.4. The summed E-state index contributed by atoms with van der Waals surface area (Å²) in [6.07, 6.45) is 6.23. The standard InChI is InChI=1S/C48H52N4O9/c1-27-28(2)49-19-18-39(27)33-10-6-31(7-11-33)20-40(48(55)56)51-46(53)41-21-35-22-42-43(23-36(35)24-52(41)47(54)45-29(3)60-30(4)50-45)61-44(26-59-42)34-12-16-38(17-13-34)58-25-32-8-14-37(57-5)15-9-32/h6-7,10-13,16-19,22-23,32,37,40-41,44H,8-9,14-15,20-21,24-26H2,1-5H3,(H,51,53)(H,55,56). The van der Waals surface area contributed by atoms with Crippen LogP contribution in [0.3, 0.4) is 0 Å². The Balaban J connectivity index is 0.976. The lowest BCUT2D eigenvalue weighted by Crippen LogP contribution is -2.56. The number of pyridine rings is 1. The third-order valence-corrected chi connectivity index (χ3v) is 12.4. The number of hydrogen-bond acceptors (Lipinski definition) is 10. The molecule has 13 heteroatoms. The number of aliphatic carboxylic acids is 1. The van der Waals surface area contributed by atoms with Gasteiger partial charge in [-0.2, -0.15) is 0 Å². The first-order valence-corrected chi connectivity index (χ1v) is 20.9. The van der Waals surface area contributed by atoms with E-state index < -0.39 is 29.9 Å². The van der Waals surface area contributed by atoms with Crippen molar-refractivity contribution in [3.63, 3.8) is 0 Å². The van der Waals surface area contributed by atoms with Crippen molar-refractivity contribution in [1.29, 1.82) is 0 Å². The van der Waals surface area contributed by atoms with Gasteiger partial charge in [-0.1, -0.05) is 36.4 Å². The number of hydrogen-bond donors (Lipinski definition) is 2. The number of benzene rings is 3. The maximum absolute atomic E-state index is 14.2. The molecule has 5 aromatic rings. The van der Waals surface area contributed by atoms with E-state index >= 15 is 0 Å². The normalized spacial score (nSPS) is 20.0. The van der Waals surface area contributed by atoms with E-state index in [-0.39, 0.29) is 37.8 Å². The monoisotopic (exact) mass is 828 g/mol. The number of aryl methyl sites for hydroxylation is 3. The first-order valence-electron chi connectivity index (χ1n) is 20.9. The zero-order chi connectivity index (χ0) is 42.8. The zero-order valence-corrected chi connectivity index (χ0v) is 35.2. The first kappa shape index (κ1) is 41.5. The SMILES string of the molecule is COC1CCC(COc2ccc(C3COc4cc5c(cc4O3)CN(C(=O)c3nc(C)oc3C)C(C(=O)NC(Cc3ccc(-c4ccnc(C)c4C)cc3)C(=O)O)C5)cc2)CC1. The fraction of sp³-hybridized carbons (Fsp3) is 0.396. The van der Waals surface area contributed by atoms with Crippen LogP contribution in [0.15, 0.2) is 77.3 Å². The Kier molecular flexibility index (Phi) is 12.1. The summed E-state index contributed by atoms with van der Waals surface area (Å²) in [5, 5.41) is 13.1. The van der Waals surface area contributed by atoms with Crippen molar-refractivity contribution in [1.82, 2.24) is 20.2 Å². The maximum Gasteiger partial charge on any atom is 0.326 e. The van der Waals surface area contributed by atoms with Crippen LogP contribution in [0.2, 0.25) is 0 Å². The van der Waals surface area contributed by atoms with Crippen LogP contribution in [0, 0.1) is 33.6 Å². The molecule has 318 valence electrons. The molecule has 1 aliphatic carbocycles.